The predicted octanol–water partition coefficient (Wildman–Crippen LogP) is 6.05. The molecule has 2 aromatic rings. The van der Waals surface area contributed by atoms with Crippen molar-refractivity contribution in [1.29, 1.82) is 0 Å². The maximum atomic E-state index is 13.0. The molecule has 1 fully saturated rings. The number of benzene rings is 2. The minimum atomic E-state index is -0.968. The molecule has 1 atom stereocenters. The third-order valence-corrected chi connectivity index (χ3v) is 7.38. The molecule has 0 radical (unpaired) electrons. The molecule has 1 saturated carbocycles. The van der Waals surface area contributed by atoms with E-state index in [-0.39, 0.29) is 12.2 Å². The number of carbonyl (C=O) groups is 2. The number of rotatable bonds is 15. The van der Waals surface area contributed by atoms with E-state index in [1.165, 1.54) is 11.3 Å². The summed E-state index contributed by atoms with van der Waals surface area (Å²) in [6.07, 6.45) is 5.38. The first-order valence-electron chi connectivity index (χ1n) is 13.2. The van der Waals surface area contributed by atoms with Gasteiger partial charge in [-0.05, 0) is 74.6 Å². The predicted molar refractivity (Wildman–Crippen MR) is 145 cm³/mol. The maximum Gasteiger partial charge on any atom is 0.410 e. The lowest BCUT2D eigenvalue weighted by atomic mass is 9.98. The molecule has 1 unspecified atom stereocenters. The fraction of sp³-hybridized carbons (Fsp3) is 0.517. The smallest absolute Gasteiger partial charge is 0.410 e. The quantitative estimate of drug-likeness (QED) is 0.222. The summed E-state index contributed by atoms with van der Waals surface area (Å²) in [4.78, 5) is 27.3. The van der Waals surface area contributed by atoms with Gasteiger partial charge in [0.15, 0.2) is 6.10 Å². The fourth-order valence-electron chi connectivity index (χ4n) is 4.28. The van der Waals surface area contributed by atoms with Gasteiger partial charge in [0.2, 0.25) is 0 Å². The summed E-state index contributed by atoms with van der Waals surface area (Å²) in [7, 11) is 0. The van der Waals surface area contributed by atoms with E-state index in [1.807, 2.05) is 42.5 Å². The monoisotopic (exact) mass is 529 g/mol. The second-order valence-corrected chi connectivity index (χ2v) is 10.3. The summed E-state index contributed by atoms with van der Waals surface area (Å²) in [5, 5.41) is 9.28. The van der Waals surface area contributed by atoms with Gasteiger partial charge in [-0.1, -0.05) is 36.8 Å². The Hall–Kier alpha value is -2.71. The molecule has 1 N–H and O–H groups in total. The summed E-state index contributed by atoms with van der Waals surface area (Å²) < 4.78 is 17.0. The van der Waals surface area contributed by atoms with Gasteiger partial charge >= 0.3 is 12.1 Å². The van der Waals surface area contributed by atoms with Gasteiger partial charge in [-0.25, -0.2) is 9.59 Å². The zero-order chi connectivity index (χ0) is 26.3. The first-order chi connectivity index (χ1) is 18.0. The van der Waals surface area contributed by atoms with Crippen molar-refractivity contribution >= 4 is 23.8 Å². The van der Waals surface area contributed by atoms with Gasteiger partial charge in [0, 0.05) is 24.5 Å². The van der Waals surface area contributed by atoms with Crippen molar-refractivity contribution in [2.45, 2.75) is 69.0 Å². The number of carboxylic acids is 1. The van der Waals surface area contributed by atoms with Gasteiger partial charge in [0.1, 0.15) is 18.5 Å². The minimum absolute atomic E-state index is 0.0159. The summed E-state index contributed by atoms with van der Waals surface area (Å²) >= 11 is 1.78. The van der Waals surface area contributed by atoms with Crippen LogP contribution >= 0.6 is 11.8 Å². The molecule has 2 aromatic carbocycles. The molecule has 8 heteroatoms. The van der Waals surface area contributed by atoms with Crippen LogP contribution in [0, 0.1) is 0 Å². The minimum Gasteiger partial charge on any atom is -0.492 e. The van der Waals surface area contributed by atoms with E-state index < -0.39 is 12.1 Å². The molecule has 1 aliphatic carbocycles. The molecule has 1 aliphatic rings. The summed E-state index contributed by atoms with van der Waals surface area (Å²) in [6.45, 7) is 3.53. The highest BCUT2D eigenvalue weighted by molar-refractivity contribution is 7.99. The van der Waals surface area contributed by atoms with Crippen molar-refractivity contribution in [2.24, 2.45) is 0 Å². The molecule has 0 bridgehead atoms. The van der Waals surface area contributed by atoms with Gasteiger partial charge < -0.3 is 24.2 Å². The second kappa shape index (κ2) is 16.2. The van der Waals surface area contributed by atoms with E-state index in [0.29, 0.717) is 38.5 Å². The summed E-state index contributed by atoms with van der Waals surface area (Å²) in [5.41, 5.74) is 0.863. The van der Waals surface area contributed by atoms with Gasteiger partial charge in [-0.3, -0.25) is 0 Å². The highest BCUT2D eigenvalue weighted by atomic mass is 32.2. The molecule has 3 rings (SSSR count). The number of nitrogens with zero attached hydrogens (tertiary/aromatic N) is 1. The molecule has 0 heterocycles. The van der Waals surface area contributed by atoms with E-state index in [9.17, 15) is 14.7 Å². The van der Waals surface area contributed by atoms with Gasteiger partial charge in [-0.2, -0.15) is 0 Å². The Kier molecular flexibility index (Phi) is 12.6. The van der Waals surface area contributed by atoms with Crippen LogP contribution in [0.1, 0.15) is 51.0 Å². The Labute approximate surface area is 224 Å². The molecule has 202 valence electrons. The molecule has 0 aliphatic heterocycles. The second-order valence-electron chi connectivity index (χ2n) is 9.12. The lowest BCUT2D eigenvalue weighted by Crippen LogP contribution is -2.38. The van der Waals surface area contributed by atoms with Crippen LogP contribution < -0.4 is 4.74 Å². The first kappa shape index (κ1) is 28.9. The Morgan fingerprint density at radius 1 is 1.03 bits per heavy atom. The lowest BCUT2D eigenvalue weighted by molar-refractivity contribution is -0.149. The largest absolute Gasteiger partial charge is 0.492 e. The third-order valence-electron chi connectivity index (χ3n) is 6.28. The van der Waals surface area contributed by atoms with E-state index in [2.05, 4.69) is 12.1 Å². The number of hydrogen-bond acceptors (Lipinski definition) is 6. The number of carbonyl (C=O) groups excluding carboxylic acids is 1. The summed E-state index contributed by atoms with van der Waals surface area (Å²) in [5.74, 6) is 0.621. The highest BCUT2D eigenvalue weighted by Crippen LogP contribution is 2.22. The third kappa shape index (κ3) is 10.7. The van der Waals surface area contributed by atoms with Gasteiger partial charge in [0.25, 0.3) is 0 Å². The molecule has 0 saturated heterocycles. The lowest BCUT2D eigenvalue weighted by Gasteiger charge is -2.27. The van der Waals surface area contributed by atoms with Crippen molar-refractivity contribution in [3.05, 3.63) is 60.2 Å². The molecular weight excluding hydrogens is 490 g/mol. The van der Waals surface area contributed by atoms with Crippen LogP contribution in [0.15, 0.2) is 59.5 Å². The SMILES string of the molecule is CCOC(Cc1ccc(OCCN(CCCSc2ccccc2)C(=O)OC2CCCCC2)cc1)C(=O)O. The Balaban J connectivity index is 1.48. The van der Waals surface area contributed by atoms with Crippen molar-refractivity contribution in [2.75, 3.05) is 32.1 Å². The number of hydrogen-bond donors (Lipinski definition) is 1. The zero-order valence-corrected chi connectivity index (χ0v) is 22.5. The zero-order valence-electron chi connectivity index (χ0n) is 21.7. The van der Waals surface area contributed by atoms with Gasteiger partial charge in [-0.15, -0.1) is 11.8 Å². The van der Waals surface area contributed by atoms with E-state index in [1.54, 1.807) is 23.6 Å². The summed E-state index contributed by atoms with van der Waals surface area (Å²) in [6, 6.07) is 17.6. The normalized spacial score (nSPS) is 14.6. The number of carboxylic acid groups (broad SMARTS) is 1. The van der Waals surface area contributed by atoms with Crippen LogP contribution in [0.3, 0.4) is 0 Å². The highest BCUT2D eigenvalue weighted by Gasteiger charge is 2.22. The van der Waals surface area contributed by atoms with Gasteiger partial charge in [0.05, 0.1) is 6.54 Å². The van der Waals surface area contributed by atoms with E-state index >= 15 is 0 Å². The molecular formula is C29H39NO6S. The standard InChI is InChI=1S/C29H39NO6S/c1-2-34-27(28(31)32)22-23-14-16-24(17-15-23)35-20-19-30(29(33)36-25-10-5-3-6-11-25)18-9-21-37-26-12-7-4-8-13-26/h4,7-8,12-17,25,27H,2-3,5-6,9-11,18-22H2,1H3,(H,31,32). The average Bonchev–Trinajstić information content (AvgIpc) is 2.91. The fourth-order valence-corrected chi connectivity index (χ4v) is 5.14. The molecule has 37 heavy (non-hydrogen) atoms. The average molecular weight is 530 g/mol. The number of amides is 1. The number of aliphatic carboxylic acids is 1. The van der Waals surface area contributed by atoms with E-state index in [0.717, 1.165) is 43.4 Å². The van der Waals surface area contributed by atoms with Crippen molar-refractivity contribution in [3.8, 4) is 5.75 Å². The first-order valence-corrected chi connectivity index (χ1v) is 14.2. The Bertz CT molecular complexity index is 933. The molecule has 7 nitrogen and oxygen atoms in total. The molecule has 1 amide bonds. The van der Waals surface area contributed by atoms with Crippen LogP contribution in [0.5, 0.6) is 5.75 Å². The molecule has 0 spiro atoms. The number of thioether (sulfide) groups is 1. The Morgan fingerprint density at radius 3 is 2.43 bits per heavy atom. The number of ether oxygens (including phenoxy) is 3. The molecule has 0 aromatic heterocycles. The van der Waals surface area contributed by atoms with Crippen LogP contribution in [0.25, 0.3) is 0 Å². The topological polar surface area (TPSA) is 85.3 Å². The van der Waals surface area contributed by atoms with Crippen molar-refractivity contribution in [3.63, 3.8) is 0 Å². The van der Waals surface area contributed by atoms with Crippen LogP contribution in [0.2, 0.25) is 0 Å². The van der Waals surface area contributed by atoms with E-state index in [4.69, 9.17) is 14.2 Å². The van der Waals surface area contributed by atoms with Crippen molar-refractivity contribution in [1.82, 2.24) is 4.90 Å². The maximum absolute atomic E-state index is 13.0. The van der Waals surface area contributed by atoms with Crippen LogP contribution in [-0.2, 0) is 20.7 Å². The van der Waals surface area contributed by atoms with Crippen LogP contribution in [0.4, 0.5) is 4.79 Å². The Morgan fingerprint density at radius 2 is 1.76 bits per heavy atom. The van der Waals surface area contributed by atoms with Crippen LogP contribution in [-0.4, -0.2) is 66.3 Å². The van der Waals surface area contributed by atoms with Crippen molar-refractivity contribution < 1.29 is 28.9 Å².